The van der Waals surface area contributed by atoms with Gasteiger partial charge in [0, 0.05) is 32.7 Å². The molecule has 0 aliphatic rings. The van der Waals surface area contributed by atoms with Gasteiger partial charge in [-0.3, -0.25) is 4.57 Å². The van der Waals surface area contributed by atoms with Crippen LogP contribution in [0.1, 0.15) is 45.2 Å². The second-order valence-corrected chi connectivity index (χ2v) is 11.6. The average molecular weight is 749 g/mol. The van der Waals surface area contributed by atoms with Gasteiger partial charge in [0.2, 0.25) is 5.95 Å². The standard InChI is InChI=1S/C51H33N5/c1-3-15-34(16-4-1)36-27-29-37(30-28-36)49-52-50(43-22-10-14-26-47(43)55-44-23-11-7-19-39(44)40-20-8-12-24-45(40)55)54-51(53-49)56-46-25-13-9-21-41(46)42-32-31-38(33-48(42)56)35-17-5-2-6-18-35/h1-33H/i1D,2D,3D,4D,5D,6D,7D,8D,9D,10D,11D,12D,13D,14D,15D,16D,17D,18D,19D,20D,21D,22D,23D,24D,25D,26D,27D,28D,29D,30D,31D,32D,33D. The molecule has 3 aromatic heterocycles. The summed E-state index contributed by atoms with van der Waals surface area (Å²) in [7, 11) is 0. The molecule has 5 nitrogen and oxygen atoms in total. The molecule has 0 atom stereocenters. The predicted molar refractivity (Wildman–Crippen MR) is 230 cm³/mol. The van der Waals surface area contributed by atoms with E-state index in [1.54, 1.807) is 0 Å². The van der Waals surface area contributed by atoms with E-state index in [9.17, 15) is 17.8 Å². The van der Waals surface area contributed by atoms with Gasteiger partial charge in [-0.05, 0) is 58.5 Å². The number of rotatable bonds is 6. The van der Waals surface area contributed by atoms with Crippen molar-refractivity contribution in [2.75, 3.05) is 0 Å². The third-order valence-corrected chi connectivity index (χ3v) is 8.48. The number of fused-ring (bicyclic) bond motifs is 6. The SMILES string of the molecule is [2H]c1c([2H])c([2H])c(-c2c([2H])c([2H])c(-c3nc(-c4c([2H])c([2H])c([2H])c([2H])c4-n4c5c([2H])c([2H])c([2H])c([2H])c5c5c([2H])c([2H])c([2H])c([2H])c54)nc(-n4c5c([2H])c([2H])c([2H])c([2H])c5c5c([2H])c([2H])c(-c6c([2H])c([2H])c([2H])c([2H])c6[2H])c([2H])c54)n3)c([2H])c2[2H])c([2H])c1[2H]. The maximum atomic E-state index is 9.90. The van der Waals surface area contributed by atoms with E-state index >= 15 is 0 Å². The van der Waals surface area contributed by atoms with Gasteiger partial charge in [-0.25, -0.2) is 4.98 Å². The second-order valence-electron chi connectivity index (χ2n) is 11.6. The zero-order chi connectivity index (χ0) is 65.7. The predicted octanol–water partition coefficient (Wildman–Crippen LogP) is 12.7. The number of benzene rings is 8. The fraction of sp³-hybridized carbons (Fsp3) is 0. The van der Waals surface area contributed by atoms with E-state index in [1.807, 2.05) is 0 Å². The van der Waals surface area contributed by atoms with Crippen molar-refractivity contribution in [3.05, 3.63) is 199 Å². The molecule has 0 aliphatic carbocycles. The van der Waals surface area contributed by atoms with Crippen molar-refractivity contribution in [1.82, 2.24) is 24.1 Å². The summed E-state index contributed by atoms with van der Waals surface area (Å²) < 4.78 is 298. The fourth-order valence-electron chi connectivity index (χ4n) is 6.10. The number of nitrogens with zero attached hydrogens (tertiary/aromatic N) is 5. The normalized spacial score (nSPS) is 19.8. The lowest BCUT2D eigenvalue weighted by Gasteiger charge is -2.15. The van der Waals surface area contributed by atoms with E-state index in [4.69, 9.17) is 27.4 Å². The Labute approximate surface area is 369 Å². The maximum absolute atomic E-state index is 9.90. The van der Waals surface area contributed by atoms with E-state index in [2.05, 4.69) is 15.0 Å². The van der Waals surface area contributed by atoms with Crippen molar-refractivity contribution in [2.45, 2.75) is 0 Å². The van der Waals surface area contributed by atoms with Crippen LogP contribution >= 0.6 is 0 Å². The van der Waals surface area contributed by atoms with Crippen molar-refractivity contribution in [1.29, 1.82) is 0 Å². The monoisotopic (exact) mass is 748 g/mol. The Kier molecular flexibility index (Phi) is 3.03. The van der Waals surface area contributed by atoms with Crippen LogP contribution in [0.4, 0.5) is 0 Å². The summed E-state index contributed by atoms with van der Waals surface area (Å²) in [6.07, 6.45) is 0. The number of hydrogen-bond donors (Lipinski definition) is 0. The molecule has 11 rings (SSSR count). The summed E-state index contributed by atoms with van der Waals surface area (Å²) in [5.74, 6) is -3.29. The molecule has 11 aromatic rings. The summed E-state index contributed by atoms with van der Waals surface area (Å²) in [5, 5.41) is -2.51. The Morgan fingerprint density at radius 3 is 1.41 bits per heavy atom. The van der Waals surface area contributed by atoms with Crippen molar-refractivity contribution < 1.29 is 45.2 Å². The van der Waals surface area contributed by atoms with Crippen LogP contribution in [0, 0.1) is 0 Å². The lowest BCUT2D eigenvalue weighted by atomic mass is 10.0. The largest absolute Gasteiger partial charge is 0.309 e. The van der Waals surface area contributed by atoms with Crippen molar-refractivity contribution in [3.63, 3.8) is 0 Å². The van der Waals surface area contributed by atoms with Crippen LogP contribution in [0.2, 0.25) is 0 Å². The van der Waals surface area contributed by atoms with Gasteiger partial charge in [-0.1, -0.05) is 163 Å². The quantitative estimate of drug-likeness (QED) is 0.170. The molecule has 0 aliphatic heterocycles. The lowest BCUT2D eigenvalue weighted by Crippen LogP contribution is -2.08. The first-order valence-corrected chi connectivity index (χ1v) is 16.2. The van der Waals surface area contributed by atoms with Crippen LogP contribution in [0.15, 0.2) is 199 Å². The fourth-order valence-corrected chi connectivity index (χ4v) is 6.10. The highest BCUT2D eigenvalue weighted by Crippen LogP contribution is 2.38. The van der Waals surface area contributed by atoms with Crippen LogP contribution in [-0.4, -0.2) is 24.1 Å². The molecule has 5 heteroatoms. The van der Waals surface area contributed by atoms with Gasteiger partial charge >= 0.3 is 0 Å². The molecule has 8 aromatic carbocycles. The highest BCUT2D eigenvalue weighted by molar-refractivity contribution is 6.11. The van der Waals surface area contributed by atoms with Gasteiger partial charge < -0.3 is 4.57 Å². The maximum Gasteiger partial charge on any atom is 0.238 e. The Morgan fingerprint density at radius 2 is 0.768 bits per heavy atom. The lowest BCUT2D eigenvalue weighted by molar-refractivity contribution is 0.952. The summed E-state index contributed by atoms with van der Waals surface area (Å²) in [5.41, 5.74) is -9.30. The van der Waals surface area contributed by atoms with Crippen LogP contribution in [0.5, 0.6) is 0 Å². The molecule has 0 N–H and O–H groups in total. The van der Waals surface area contributed by atoms with E-state index in [1.165, 1.54) is 0 Å². The van der Waals surface area contributed by atoms with E-state index in [0.717, 1.165) is 0 Å². The zero-order valence-electron chi connectivity index (χ0n) is 60.7. The van der Waals surface area contributed by atoms with Gasteiger partial charge in [-0.2, -0.15) is 9.97 Å². The second kappa shape index (κ2) is 13.0. The summed E-state index contributed by atoms with van der Waals surface area (Å²) in [6.45, 7) is 0. The molecule has 0 saturated carbocycles. The molecule has 3 heterocycles. The minimum atomic E-state index is -1.17. The molecule has 0 saturated heterocycles. The number of aromatic nitrogens is 5. The van der Waals surface area contributed by atoms with E-state index in [-0.39, 0.29) is 0 Å². The first kappa shape index (κ1) is 13.0. The molecule has 0 radical (unpaired) electrons. The summed E-state index contributed by atoms with van der Waals surface area (Å²) >= 11 is 0. The number of hydrogen-bond acceptors (Lipinski definition) is 3. The summed E-state index contributed by atoms with van der Waals surface area (Å²) in [6, 6.07) is -33.1. The van der Waals surface area contributed by atoms with Gasteiger partial charge in [0.1, 0.15) is 0 Å². The topological polar surface area (TPSA) is 48.5 Å². The van der Waals surface area contributed by atoms with Gasteiger partial charge in [0.25, 0.3) is 0 Å². The minimum absolute atomic E-state index is 0.589. The van der Waals surface area contributed by atoms with Crippen molar-refractivity contribution in [3.8, 4) is 56.7 Å². The summed E-state index contributed by atoms with van der Waals surface area (Å²) in [4.78, 5) is 13.6. The molecule has 0 spiro atoms. The molecular weight excluding hydrogens is 683 g/mol. The van der Waals surface area contributed by atoms with Crippen molar-refractivity contribution >= 4 is 43.6 Å². The zero-order valence-corrected chi connectivity index (χ0v) is 27.7. The van der Waals surface area contributed by atoms with Gasteiger partial charge in [0.05, 0.1) is 73.0 Å². The number of para-hydroxylation sites is 4. The molecule has 262 valence electrons. The Bertz CT molecular complexity index is 5020. The molecule has 0 unspecified atom stereocenters. The Morgan fingerprint density at radius 1 is 0.321 bits per heavy atom. The van der Waals surface area contributed by atoms with Crippen LogP contribution in [0.25, 0.3) is 100 Å². The van der Waals surface area contributed by atoms with Crippen molar-refractivity contribution in [2.24, 2.45) is 0 Å². The Balaban J connectivity index is 1.42. The third kappa shape index (κ3) is 5.21. The molecule has 0 bridgehead atoms. The van der Waals surface area contributed by atoms with E-state index in [0.29, 0.717) is 9.13 Å². The molecular formula is C51H33N5. The van der Waals surface area contributed by atoms with Crippen LogP contribution in [0.3, 0.4) is 0 Å². The highest BCUT2D eigenvalue weighted by atomic mass is 15.2. The van der Waals surface area contributed by atoms with Gasteiger partial charge in [0.15, 0.2) is 11.6 Å². The molecule has 0 amide bonds. The van der Waals surface area contributed by atoms with E-state index < -0.39 is 300 Å². The Hall–Kier alpha value is -7.63. The third-order valence-electron chi connectivity index (χ3n) is 8.48. The first-order valence-electron chi connectivity index (χ1n) is 32.7. The van der Waals surface area contributed by atoms with Crippen LogP contribution in [-0.2, 0) is 0 Å². The average Bonchev–Trinajstić information content (AvgIpc) is 1.61. The first-order chi connectivity index (χ1) is 41.5. The van der Waals surface area contributed by atoms with Gasteiger partial charge in [-0.15, -0.1) is 0 Å². The molecule has 0 fully saturated rings. The van der Waals surface area contributed by atoms with Crippen LogP contribution < -0.4 is 0 Å². The highest BCUT2D eigenvalue weighted by Gasteiger charge is 2.21. The minimum Gasteiger partial charge on any atom is -0.309 e. The molecule has 56 heavy (non-hydrogen) atoms. The smallest absolute Gasteiger partial charge is 0.238 e.